The first-order chi connectivity index (χ1) is 13.8. The predicted octanol–water partition coefficient (Wildman–Crippen LogP) is 6.94. The Kier molecular flexibility index (Phi) is 3.23. The minimum atomic E-state index is 0.0563. The Hall–Kier alpha value is -3.42. The summed E-state index contributed by atoms with van der Waals surface area (Å²) in [6.07, 6.45) is 0. The first kappa shape index (κ1) is 15.6. The Labute approximate surface area is 162 Å². The average Bonchev–Trinajstić information content (AvgIpc) is 2.77. The van der Waals surface area contributed by atoms with E-state index in [1.54, 1.807) is 0 Å². The lowest BCUT2D eigenvalue weighted by molar-refractivity contribution is 0.282. The Balaban J connectivity index is 1.98. The molecule has 6 rings (SSSR count). The number of hydrogen-bond acceptors (Lipinski definition) is 1. The summed E-state index contributed by atoms with van der Waals surface area (Å²) in [5.74, 6) is 0. The van der Waals surface area contributed by atoms with E-state index in [0.29, 0.717) is 0 Å². The van der Waals surface area contributed by atoms with E-state index < -0.39 is 0 Å². The fraction of sp³-hybridized carbons (Fsp3) is 0.0370. The minimum Gasteiger partial charge on any atom is -0.392 e. The van der Waals surface area contributed by atoms with Gasteiger partial charge in [0.15, 0.2) is 0 Å². The van der Waals surface area contributed by atoms with Crippen molar-refractivity contribution in [1.29, 1.82) is 0 Å². The lowest BCUT2D eigenvalue weighted by Gasteiger charge is -2.13. The van der Waals surface area contributed by atoms with Crippen molar-refractivity contribution in [3.63, 3.8) is 0 Å². The van der Waals surface area contributed by atoms with Gasteiger partial charge in [-0.15, -0.1) is 0 Å². The number of aliphatic hydroxyl groups is 1. The molecule has 0 heterocycles. The molecule has 0 fully saturated rings. The van der Waals surface area contributed by atoms with E-state index in [-0.39, 0.29) is 6.61 Å². The highest BCUT2D eigenvalue weighted by Crippen LogP contribution is 2.39. The largest absolute Gasteiger partial charge is 0.392 e. The maximum Gasteiger partial charge on any atom is 0.0682 e. The van der Waals surface area contributed by atoms with Crippen LogP contribution in [0.15, 0.2) is 91.0 Å². The van der Waals surface area contributed by atoms with Gasteiger partial charge in [-0.2, -0.15) is 0 Å². The summed E-state index contributed by atoms with van der Waals surface area (Å²) in [6, 6.07) is 32.6. The smallest absolute Gasteiger partial charge is 0.0682 e. The molecular weight excluding hydrogens is 340 g/mol. The van der Waals surface area contributed by atoms with Crippen LogP contribution in [0.1, 0.15) is 5.56 Å². The van der Waals surface area contributed by atoms with Crippen LogP contribution in [0.2, 0.25) is 0 Å². The summed E-state index contributed by atoms with van der Waals surface area (Å²) in [5, 5.41) is 22.3. The molecule has 0 amide bonds. The van der Waals surface area contributed by atoms with Crippen LogP contribution in [0.5, 0.6) is 0 Å². The number of aliphatic hydroxyl groups excluding tert-OH is 1. The van der Waals surface area contributed by atoms with Crippen molar-refractivity contribution in [2.75, 3.05) is 0 Å². The first-order valence-corrected chi connectivity index (χ1v) is 9.63. The van der Waals surface area contributed by atoms with Crippen molar-refractivity contribution < 1.29 is 5.11 Å². The molecule has 0 unspecified atom stereocenters. The standard InChI is InChI=1S/C27H18O/c28-16-17-5-6-19-8-10-21-12-14-22-13-11-20-9-7-18-3-1-2-4-23(18)25(20)27(22)26(21)24(19)15-17/h1-15,28H,16H2. The summed E-state index contributed by atoms with van der Waals surface area (Å²) in [5.41, 5.74) is 0.946. The Morgan fingerprint density at radius 2 is 0.964 bits per heavy atom. The molecule has 0 aliphatic carbocycles. The quantitative estimate of drug-likeness (QED) is 0.315. The Bertz CT molecular complexity index is 1530. The van der Waals surface area contributed by atoms with Crippen molar-refractivity contribution >= 4 is 53.9 Å². The van der Waals surface area contributed by atoms with Gasteiger partial charge in [-0.25, -0.2) is 0 Å². The molecule has 0 saturated heterocycles. The molecular formula is C27H18O. The summed E-state index contributed by atoms with van der Waals surface area (Å²) in [4.78, 5) is 0. The third-order valence-corrected chi connectivity index (χ3v) is 5.94. The van der Waals surface area contributed by atoms with E-state index in [1.807, 2.05) is 6.07 Å². The van der Waals surface area contributed by atoms with Crippen molar-refractivity contribution in [3.8, 4) is 0 Å². The maximum absolute atomic E-state index is 9.70. The normalized spacial score (nSPS) is 11.9. The molecule has 0 saturated carbocycles. The van der Waals surface area contributed by atoms with E-state index in [2.05, 4.69) is 84.9 Å². The molecule has 1 heteroatoms. The van der Waals surface area contributed by atoms with Gasteiger partial charge >= 0.3 is 0 Å². The molecule has 0 aliphatic rings. The highest BCUT2D eigenvalue weighted by atomic mass is 16.3. The fourth-order valence-corrected chi connectivity index (χ4v) is 4.60. The topological polar surface area (TPSA) is 20.2 Å². The van der Waals surface area contributed by atoms with Gasteiger partial charge in [0, 0.05) is 0 Å². The van der Waals surface area contributed by atoms with E-state index >= 15 is 0 Å². The van der Waals surface area contributed by atoms with Gasteiger partial charge < -0.3 is 5.11 Å². The molecule has 1 N–H and O–H groups in total. The zero-order chi connectivity index (χ0) is 18.7. The third kappa shape index (κ3) is 2.11. The second-order valence-electron chi connectivity index (χ2n) is 7.49. The second-order valence-corrected chi connectivity index (χ2v) is 7.49. The van der Waals surface area contributed by atoms with E-state index in [9.17, 15) is 5.11 Å². The predicted molar refractivity (Wildman–Crippen MR) is 120 cm³/mol. The number of benzene rings is 6. The summed E-state index contributed by atoms with van der Waals surface area (Å²) < 4.78 is 0. The minimum absolute atomic E-state index is 0.0563. The van der Waals surface area contributed by atoms with E-state index in [0.717, 1.165) is 5.56 Å². The summed E-state index contributed by atoms with van der Waals surface area (Å²) in [7, 11) is 0. The molecule has 132 valence electrons. The zero-order valence-electron chi connectivity index (χ0n) is 15.3. The van der Waals surface area contributed by atoms with Gasteiger partial charge in [-0.05, 0) is 65.5 Å². The van der Waals surface area contributed by atoms with Crippen molar-refractivity contribution in [2.45, 2.75) is 6.61 Å². The van der Waals surface area contributed by atoms with Gasteiger partial charge in [0.1, 0.15) is 0 Å². The molecule has 0 atom stereocenters. The highest BCUT2D eigenvalue weighted by Gasteiger charge is 2.11. The first-order valence-electron chi connectivity index (χ1n) is 9.63. The average molecular weight is 358 g/mol. The third-order valence-electron chi connectivity index (χ3n) is 5.94. The van der Waals surface area contributed by atoms with Crippen LogP contribution in [0.25, 0.3) is 53.9 Å². The Morgan fingerprint density at radius 3 is 1.64 bits per heavy atom. The number of fused-ring (bicyclic) bond motifs is 9. The molecule has 0 spiro atoms. The number of rotatable bonds is 1. The van der Waals surface area contributed by atoms with E-state index in [4.69, 9.17) is 0 Å². The lowest BCUT2D eigenvalue weighted by atomic mass is 9.90. The van der Waals surface area contributed by atoms with Gasteiger partial charge in [-0.3, -0.25) is 0 Å². The Morgan fingerprint density at radius 1 is 0.464 bits per heavy atom. The molecule has 1 nitrogen and oxygen atoms in total. The van der Waals surface area contributed by atoms with Crippen molar-refractivity contribution in [3.05, 3.63) is 96.6 Å². The van der Waals surface area contributed by atoms with Crippen LogP contribution >= 0.6 is 0 Å². The van der Waals surface area contributed by atoms with Crippen molar-refractivity contribution in [2.24, 2.45) is 0 Å². The van der Waals surface area contributed by atoms with Crippen LogP contribution in [0, 0.1) is 0 Å². The van der Waals surface area contributed by atoms with Crippen LogP contribution < -0.4 is 0 Å². The van der Waals surface area contributed by atoms with Crippen LogP contribution in [0.4, 0.5) is 0 Å². The van der Waals surface area contributed by atoms with Crippen molar-refractivity contribution in [1.82, 2.24) is 0 Å². The fourth-order valence-electron chi connectivity index (χ4n) is 4.60. The molecule has 0 aliphatic heterocycles. The monoisotopic (exact) mass is 358 g/mol. The second kappa shape index (κ2) is 5.79. The summed E-state index contributed by atoms with van der Waals surface area (Å²) in [6.45, 7) is 0.0563. The maximum atomic E-state index is 9.70. The molecule has 0 bridgehead atoms. The molecule has 6 aromatic carbocycles. The molecule has 28 heavy (non-hydrogen) atoms. The van der Waals surface area contributed by atoms with Gasteiger partial charge in [-0.1, -0.05) is 84.9 Å². The SMILES string of the molecule is OCc1ccc2ccc3ccc4ccc5ccc6ccccc6c5c4c3c2c1. The van der Waals surface area contributed by atoms with Gasteiger partial charge in [0.25, 0.3) is 0 Å². The van der Waals surface area contributed by atoms with Crippen LogP contribution in [-0.4, -0.2) is 5.11 Å². The van der Waals surface area contributed by atoms with E-state index in [1.165, 1.54) is 53.9 Å². The summed E-state index contributed by atoms with van der Waals surface area (Å²) >= 11 is 0. The van der Waals surface area contributed by atoms with Gasteiger partial charge in [0.05, 0.1) is 6.61 Å². The molecule has 0 aromatic heterocycles. The number of hydrogen-bond donors (Lipinski definition) is 1. The van der Waals surface area contributed by atoms with Gasteiger partial charge in [0.2, 0.25) is 0 Å². The molecule has 0 radical (unpaired) electrons. The van der Waals surface area contributed by atoms with Crippen LogP contribution in [-0.2, 0) is 6.61 Å². The van der Waals surface area contributed by atoms with Crippen LogP contribution in [0.3, 0.4) is 0 Å². The molecule has 6 aromatic rings. The lowest BCUT2D eigenvalue weighted by Crippen LogP contribution is -1.87. The highest BCUT2D eigenvalue weighted by molar-refractivity contribution is 6.32. The zero-order valence-corrected chi connectivity index (χ0v) is 15.3.